The van der Waals surface area contributed by atoms with Gasteiger partial charge in [-0.2, -0.15) is 0 Å². The monoisotopic (exact) mass is 780 g/mol. The smallest absolute Gasteiger partial charge is 0.139 e. The van der Waals surface area contributed by atoms with E-state index in [4.69, 9.17) is 4.42 Å². The van der Waals surface area contributed by atoms with Gasteiger partial charge in [-0.15, -0.1) is 0 Å². The largest absolute Gasteiger partial charge is 0.456 e. The fraction of sp³-hybridized carbons (Fsp3) is 0.0345. The van der Waals surface area contributed by atoms with E-state index in [0.717, 1.165) is 56.5 Å². The third kappa shape index (κ3) is 5.97. The number of benzene rings is 9. The lowest BCUT2D eigenvalue weighted by atomic mass is 9.94. The minimum atomic E-state index is 0.00334. The highest BCUT2D eigenvalue weighted by atomic mass is 16.3. The first-order valence-electron chi connectivity index (χ1n) is 21.1. The number of para-hydroxylation sites is 1. The number of rotatable bonds is 7. The summed E-state index contributed by atoms with van der Waals surface area (Å²) < 4.78 is 9.38. The predicted molar refractivity (Wildman–Crippen MR) is 257 cm³/mol. The molecule has 0 fully saturated rings. The summed E-state index contributed by atoms with van der Waals surface area (Å²) in [5.41, 5.74) is 14.6. The number of anilines is 2. The van der Waals surface area contributed by atoms with E-state index in [9.17, 15) is 0 Å². The molecule has 9 aromatic carbocycles. The molecule has 1 aliphatic carbocycles. The molecule has 12 rings (SSSR count). The Morgan fingerprint density at radius 2 is 1.13 bits per heavy atom. The van der Waals surface area contributed by atoms with E-state index in [1.165, 1.54) is 54.9 Å². The lowest BCUT2D eigenvalue weighted by Gasteiger charge is -2.35. The first-order valence-corrected chi connectivity index (χ1v) is 21.1. The van der Waals surface area contributed by atoms with Crippen LogP contribution >= 0.6 is 0 Å². The van der Waals surface area contributed by atoms with Gasteiger partial charge in [0.2, 0.25) is 0 Å². The third-order valence-corrected chi connectivity index (χ3v) is 12.5. The molecule has 1 unspecified atom stereocenters. The molecule has 0 spiro atoms. The van der Waals surface area contributed by atoms with E-state index in [1.54, 1.807) is 0 Å². The molecule has 0 N–H and O–H groups in total. The zero-order chi connectivity index (χ0) is 40.3. The molecule has 2 aromatic heterocycles. The second-order valence-corrected chi connectivity index (χ2v) is 16.0. The molecule has 0 radical (unpaired) electrons. The van der Waals surface area contributed by atoms with Crippen LogP contribution in [0, 0.1) is 0 Å². The van der Waals surface area contributed by atoms with Gasteiger partial charge in [0.05, 0.1) is 28.1 Å². The fourth-order valence-corrected chi connectivity index (χ4v) is 9.60. The molecule has 0 aliphatic heterocycles. The molecule has 0 saturated carbocycles. The number of hydrogen-bond acceptors (Lipinski definition) is 2. The number of furan rings is 1. The maximum Gasteiger partial charge on any atom is 0.139 e. The summed E-state index contributed by atoms with van der Waals surface area (Å²) in [6.07, 6.45) is 7.95. The fourth-order valence-electron chi connectivity index (χ4n) is 9.60. The lowest BCUT2D eigenvalue weighted by molar-refractivity contribution is 0.669. The standard InChI is InChI=1S/C58H40N2O/c1-4-15-39(16-5-1)43-27-31-47(32-28-43)59(48-24-14-23-45(35-48)40-17-6-2-7-18-40)58-56-50-34-30-46(41-19-8-3-9-20-41)37-52(50)60(49-33-29-42-21-10-11-22-44(42)36-49)53(56)38-55-57(58)51-25-12-13-26-54(51)61-55/h1-31,33-38,47H,32H2. The molecule has 0 bridgehead atoms. The van der Waals surface area contributed by atoms with Gasteiger partial charge < -0.3 is 13.9 Å². The van der Waals surface area contributed by atoms with E-state index >= 15 is 0 Å². The Morgan fingerprint density at radius 1 is 0.459 bits per heavy atom. The topological polar surface area (TPSA) is 21.3 Å². The van der Waals surface area contributed by atoms with Gasteiger partial charge in [-0.05, 0) is 87.0 Å². The normalized spacial score (nSPS) is 14.0. The van der Waals surface area contributed by atoms with E-state index in [-0.39, 0.29) is 6.04 Å². The quantitative estimate of drug-likeness (QED) is 0.161. The molecule has 0 saturated heterocycles. The van der Waals surface area contributed by atoms with Crippen LogP contribution in [0.25, 0.3) is 88.0 Å². The van der Waals surface area contributed by atoms with Crippen LogP contribution in [-0.2, 0) is 0 Å². The van der Waals surface area contributed by atoms with Gasteiger partial charge in [0.1, 0.15) is 11.2 Å². The molecule has 3 nitrogen and oxygen atoms in total. The van der Waals surface area contributed by atoms with Crippen molar-refractivity contribution >= 4 is 71.5 Å². The SMILES string of the molecule is C1=CC(N(c2cccc(-c3ccccc3)c2)c2c3c(cc4c2c2ccc(-c5ccccc5)cc2n4-c2ccc4ccccc4c2)oc2ccccc23)CC=C1c1ccccc1. The van der Waals surface area contributed by atoms with Crippen LogP contribution in [-0.4, -0.2) is 10.6 Å². The number of fused-ring (bicyclic) bond motifs is 7. The van der Waals surface area contributed by atoms with E-state index in [1.807, 2.05) is 0 Å². The molecular formula is C58H40N2O. The third-order valence-electron chi connectivity index (χ3n) is 12.5. The van der Waals surface area contributed by atoms with Crippen LogP contribution in [0.5, 0.6) is 0 Å². The summed E-state index contributed by atoms with van der Waals surface area (Å²) in [6.45, 7) is 0. The van der Waals surface area contributed by atoms with Gasteiger partial charge in [0, 0.05) is 33.6 Å². The highest BCUT2D eigenvalue weighted by molar-refractivity contribution is 6.27. The summed E-state index contributed by atoms with van der Waals surface area (Å²) >= 11 is 0. The Balaban J connectivity index is 1.20. The molecular weight excluding hydrogens is 741 g/mol. The number of aromatic nitrogens is 1. The summed E-state index contributed by atoms with van der Waals surface area (Å²) in [4.78, 5) is 2.60. The average molecular weight is 781 g/mol. The minimum absolute atomic E-state index is 0.00334. The highest BCUT2D eigenvalue weighted by Gasteiger charge is 2.30. The second-order valence-electron chi connectivity index (χ2n) is 16.0. The van der Waals surface area contributed by atoms with Crippen molar-refractivity contribution in [3.8, 4) is 27.9 Å². The highest BCUT2D eigenvalue weighted by Crippen LogP contribution is 2.50. The van der Waals surface area contributed by atoms with E-state index in [2.05, 4.69) is 234 Å². The van der Waals surface area contributed by atoms with Crippen molar-refractivity contribution in [2.75, 3.05) is 4.90 Å². The predicted octanol–water partition coefficient (Wildman–Crippen LogP) is 15.7. The number of nitrogens with zero attached hydrogens (tertiary/aromatic N) is 2. The average Bonchev–Trinajstić information content (AvgIpc) is 3.87. The molecule has 0 amide bonds. The Bertz CT molecular complexity index is 3500. The van der Waals surface area contributed by atoms with E-state index < -0.39 is 0 Å². The van der Waals surface area contributed by atoms with Gasteiger partial charge in [-0.3, -0.25) is 0 Å². The van der Waals surface area contributed by atoms with Crippen LogP contribution in [0.15, 0.2) is 229 Å². The molecule has 1 atom stereocenters. The van der Waals surface area contributed by atoms with Crippen molar-refractivity contribution in [3.05, 3.63) is 230 Å². The lowest BCUT2D eigenvalue weighted by Crippen LogP contribution is -2.30. The Labute approximate surface area is 354 Å². The minimum Gasteiger partial charge on any atom is -0.456 e. The van der Waals surface area contributed by atoms with E-state index in [0.29, 0.717) is 0 Å². The van der Waals surface area contributed by atoms with Crippen molar-refractivity contribution in [2.24, 2.45) is 0 Å². The molecule has 1 aliphatic rings. The maximum atomic E-state index is 6.92. The van der Waals surface area contributed by atoms with Crippen molar-refractivity contribution < 1.29 is 4.42 Å². The van der Waals surface area contributed by atoms with Gasteiger partial charge in [0.15, 0.2) is 0 Å². The van der Waals surface area contributed by atoms with Crippen LogP contribution < -0.4 is 4.90 Å². The molecule has 288 valence electrons. The zero-order valence-corrected chi connectivity index (χ0v) is 33.4. The summed E-state index contributed by atoms with van der Waals surface area (Å²) in [5.74, 6) is 0. The van der Waals surface area contributed by atoms with Gasteiger partial charge in [-0.1, -0.05) is 182 Å². The maximum absolute atomic E-state index is 6.92. The number of allylic oxidation sites excluding steroid dienone is 2. The Morgan fingerprint density at radius 3 is 1.89 bits per heavy atom. The van der Waals surface area contributed by atoms with Crippen molar-refractivity contribution in [2.45, 2.75) is 12.5 Å². The summed E-state index contributed by atoms with van der Waals surface area (Å²) in [5, 5.41) is 7.02. The molecule has 11 aromatic rings. The molecule has 3 heteroatoms. The Hall–Kier alpha value is -7.88. The molecule has 2 heterocycles. The van der Waals surface area contributed by atoms with Crippen molar-refractivity contribution in [3.63, 3.8) is 0 Å². The van der Waals surface area contributed by atoms with Crippen LogP contribution in [0.2, 0.25) is 0 Å². The summed E-state index contributed by atoms with van der Waals surface area (Å²) in [7, 11) is 0. The van der Waals surface area contributed by atoms with Crippen molar-refractivity contribution in [1.82, 2.24) is 4.57 Å². The van der Waals surface area contributed by atoms with Gasteiger partial charge in [-0.25, -0.2) is 0 Å². The van der Waals surface area contributed by atoms with Crippen LogP contribution in [0.4, 0.5) is 11.4 Å². The summed E-state index contributed by atoms with van der Waals surface area (Å²) in [6, 6.07) is 74.5. The van der Waals surface area contributed by atoms with Crippen LogP contribution in [0.3, 0.4) is 0 Å². The molecule has 61 heavy (non-hydrogen) atoms. The van der Waals surface area contributed by atoms with Gasteiger partial charge >= 0.3 is 0 Å². The van der Waals surface area contributed by atoms with Gasteiger partial charge in [0.25, 0.3) is 0 Å². The van der Waals surface area contributed by atoms with Crippen LogP contribution in [0.1, 0.15) is 12.0 Å². The Kier molecular flexibility index (Phi) is 8.31. The second kappa shape index (κ2) is 14.4. The first kappa shape index (κ1) is 35.1. The number of hydrogen-bond donors (Lipinski definition) is 0. The first-order chi connectivity index (χ1) is 30.2. The van der Waals surface area contributed by atoms with Crippen molar-refractivity contribution in [1.29, 1.82) is 0 Å². The zero-order valence-electron chi connectivity index (χ0n) is 33.4.